The average molecular weight is 187 g/mol. The van der Waals surface area contributed by atoms with Crippen molar-refractivity contribution in [3.05, 3.63) is 16.1 Å². The van der Waals surface area contributed by atoms with Gasteiger partial charge in [0, 0.05) is 5.38 Å². The first-order valence-corrected chi connectivity index (χ1v) is 4.25. The SMILES string of the molecule is COC(=O)c1csc(C(C)O)n1. The Bertz CT molecular complexity index is 282. The molecule has 0 spiro atoms. The van der Waals surface area contributed by atoms with Crippen LogP contribution in [0.25, 0.3) is 0 Å². The molecule has 0 aliphatic rings. The highest BCUT2D eigenvalue weighted by Crippen LogP contribution is 2.17. The molecular formula is C7H9NO3S. The topological polar surface area (TPSA) is 59.4 Å². The molecule has 5 heteroatoms. The summed E-state index contributed by atoms with van der Waals surface area (Å²) in [5.74, 6) is -0.474. The molecule has 0 bridgehead atoms. The van der Waals surface area contributed by atoms with Crippen molar-refractivity contribution in [2.45, 2.75) is 13.0 Å². The van der Waals surface area contributed by atoms with E-state index in [0.717, 1.165) is 0 Å². The lowest BCUT2D eigenvalue weighted by atomic mass is 10.4. The molecule has 0 saturated carbocycles. The Morgan fingerprint density at radius 1 is 1.83 bits per heavy atom. The third-order valence-corrected chi connectivity index (χ3v) is 2.29. The normalized spacial score (nSPS) is 12.6. The van der Waals surface area contributed by atoms with Gasteiger partial charge in [0.2, 0.25) is 0 Å². The first kappa shape index (κ1) is 9.15. The third-order valence-electron chi connectivity index (χ3n) is 1.27. The highest BCUT2D eigenvalue weighted by Gasteiger charge is 2.12. The zero-order valence-electron chi connectivity index (χ0n) is 6.77. The van der Waals surface area contributed by atoms with Gasteiger partial charge in [-0.1, -0.05) is 0 Å². The van der Waals surface area contributed by atoms with Crippen LogP contribution in [0.2, 0.25) is 0 Å². The van der Waals surface area contributed by atoms with Gasteiger partial charge >= 0.3 is 5.97 Å². The van der Waals surface area contributed by atoms with Crippen LogP contribution in [0.3, 0.4) is 0 Å². The van der Waals surface area contributed by atoms with Crippen LogP contribution in [0.5, 0.6) is 0 Å². The maximum Gasteiger partial charge on any atom is 0.357 e. The number of aliphatic hydroxyl groups is 1. The lowest BCUT2D eigenvalue weighted by Gasteiger charge is -1.95. The van der Waals surface area contributed by atoms with Crippen LogP contribution < -0.4 is 0 Å². The Kier molecular flexibility index (Phi) is 2.78. The summed E-state index contributed by atoms with van der Waals surface area (Å²) >= 11 is 1.24. The van der Waals surface area contributed by atoms with Gasteiger partial charge in [0.05, 0.1) is 7.11 Å². The van der Waals surface area contributed by atoms with Gasteiger partial charge < -0.3 is 9.84 Å². The lowest BCUT2D eigenvalue weighted by molar-refractivity contribution is 0.0594. The summed E-state index contributed by atoms with van der Waals surface area (Å²) in [4.78, 5) is 14.8. The number of aliphatic hydroxyl groups excluding tert-OH is 1. The minimum Gasteiger partial charge on any atom is -0.464 e. The summed E-state index contributed by atoms with van der Waals surface area (Å²) in [5.41, 5.74) is 0.249. The molecular weight excluding hydrogens is 178 g/mol. The van der Waals surface area contributed by atoms with E-state index in [2.05, 4.69) is 9.72 Å². The van der Waals surface area contributed by atoms with Crippen molar-refractivity contribution in [1.82, 2.24) is 4.98 Å². The fourth-order valence-electron chi connectivity index (χ4n) is 0.678. The fraction of sp³-hybridized carbons (Fsp3) is 0.429. The number of hydrogen-bond acceptors (Lipinski definition) is 5. The molecule has 0 radical (unpaired) electrons. The fourth-order valence-corrected chi connectivity index (χ4v) is 1.41. The van der Waals surface area contributed by atoms with Crippen LogP contribution >= 0.6 is 11.3 Å². The van der Waals surface area contributed by atoms with E-state index in [-0.39, 0.29) is 5.69 Å². The molecule has 1 rings (SSSR count). The van der Waals surface area contributed by atoms with Crippen molar-refractivity contribution in [2.75, 3.05) is 7.11 Å². The first-order valence-electron chi connectivity index (χ1n) is 3.37. The highest BCUT2D eigenvalue weighted by atomic mass is 32.1. The lowest BCUT2D eigenvalue weighted by Crippen LogP contribution is -2.02. The molecule has 1 unspecified atom stereocenters. The first-order chi connectivity index (χ1) is 5.65. The second-order valence-electron chi connectivity index (χ2n) is 2.24. The van der Waals surface area contributed by atoms with Gasteiger partial charge in [0.15, 0.2) is 5.69 Å². The number of esters is 1. The van der Waals surface area contributed by atoms with E-state index in [0.29, 0.717) is 5.01 Å². The molecule has 4 nitrogen and oxygen atoms in total. The number of carbonyl (C=O) groups is 1. The van der Waals surface area contributed by atoms with Crippen molar-refractivity contribution >= 4 is 17.3 Å². The largest absolute Gasteiger partial charge is 0.464 e. The monoisotopic (exact) mass is 187 g/mol. The van der Waals surface area contributed by atoms with Gasteiger partial charge in [0.25, 0.3) is 0 Å². The molecule has 1 heterocycles. The standard InChI is InChI=1S/C7H9NO3S/c1-4(9)6-8-5(3-12-6)7(10)11-2/h3-4,9H,1-2H3. The summed E-state index contributed by atoms with van der Waals surface area (Å²) in [7, 11) is 1.30. The quantitative estimate of drug-likeness (QED) is 0.701. The molecule has 0 saturated heterocycles. The maximum absolute atomic E-state index is 10.9. The van der Waals surface area contributed by atoms with E-state index in [4.69, 9.17) is 5.11 Å². The van der Waals surface area contributed by atoms with Crippen molar-refractivity contribution in [2.24, 2.45) is 0 Å². The Morgan fingerprint density at radius 2 is 2.50 bits per heavy atom. The number of ether oxygens (including phenoxy) is 1. The Hall–Kier alpha value is -0.940. The molecule has 1 atom stereocenters. The van der Waals surface area contributed by atoms with Crippen molar-refractivity contribution in [1.29, 1.82) is 0 Å². The van der Waals surface area contributed by atoms with Gasteiger partial charge in [-0.25, -0.2) is 9.78 Å². The predicted molar refractivity (Wildman–Crippen MR) is 44.1 cm³/mol. The van der Waals surface area contributed by atoms with E-state index in [1.165, 1.54) is 18.4 Å². The molecule has 0 amide bonds. The van der Waals surface area contributed by atoms with E-state index in [9.17, 15) is 4.79 Å². The van der Waals surface area contributed by atoms with Gasteiger partial charge in [0.1, 0.15) is 11.1 Å². The van der Waals surface area contributed by atoms with Gasteiger partial charge in [-0.15, -0.1) is 11.3 Å². The molecule has 66 valence electrons. The van der Waals surface area contributed by atoms with Crippen molar-refractivity contribution in [3.63, 3.8) is 0 Å². The second kappa shape index (κ2) is 3.64. The number of nitrogens with zero attached hydrogens (tertiary/aromatic N) is 1. The number of methoxy groups -OCH3 is 1. The minimum absolute atomic E-state index is 0.249. The van der Waals surface area contributed by atoms with E-state index < -0.39 is 12.1 Å². The summed E-state index contributed by atoms with van der Waals surface area (Å²) in [5, 5.41) is 11.2. The molecule has 0 aliphatic carbocycles. The van der Waals surface area contributed by atoms with E-state index in [1.807, 2.05) is 0 Å². The average Bonchev–Trinajstić information content (AvgIpc) is 2.51. The third kappa shape index (κ3) is 1.80. The smallest absolute Gasteiger partial charge is 0.357 e. The number of rotatable bonds is 2. The van der Waals surface area contributed by atoms with Crippen LogP contribution in [0.15, 0.2) is 5.38 Å². The van der Waals surface area contributed by atoms with Crippen LogP contribution in [-0.4, -0.2) is 23.2 Å². The van der Waals surface area contributed by atoms with Crippen LogP contribution in [0.1, 0.15) is 28.5 Å². The summed E-state index contributed by atoms with van der Waals surface area (Å²) in [6.07, 6.45) is -0.631. The van der Waals surface area contributed by atoms with Crippen LogP contribution in [-0.2, 0) is 4.74 Å². The Balaban J connectivity index is 2.84. The van der Waals surface area contributed by atoms with Gasteiger partial charge in [-0.3, -0.25) is 0 Å². The molecule has 1 aromatic rings. The summed E-state index contributed by atoms with van der Waals surface area (Å²) in [6.45, 7) is 1.60. The van der Waals surface area contributed by atoms with Gasteiger partial charge in [-0.2, -0.15) is 0 Å². The zero-order chi connectivity index (χ0) is 9.14. The molecule has 1 aromatic heterocycles. The van der Waals surface area contributed by atoms with Crippen LogP contribution in [0.4, 0.5) is 0 Å². The predicted octanol–water partition coefficient (Wildman–Crippen LogP) is 0.983. The molecule has 0 aliphatic heterocycles. The Morgan fingerprint density at radius 3 is 2.92 bits per heavy atom. The summed E-state index contributed by atoms with van der Waals surface area (Å²) in [6, 6.07) is 0. The summed E-state index contributed by atoms with van der Waals surface area (Å²) < 4.78 is 4.45. The zero-order valence-corrected chi connectivity index (χ0v) is 7.59. The minimum atomic E-state index is -0.631. The van der Waals surface area contributed by atoms with Gasteiger partial charge in [-0.05, 0) is 6.92 Å². The van der Waals surface area contributed by atoms with Crippen molar-refractivity contribution in [3.8, 4) is 0 Å². The molecule has 1 N–H and O–H groups in total. The number of carbonyl (C=O) groups excluding carboxylic acids is 1. The number of thiazole rings is 1. The molecule has 0 fully saturated rings. The van der Waals surface area contributed by atoms with E-state index in [1.54, 1.807) is 12.3 Å². The van der Waals surface area contributed by atoms with E-state index >= 15 is 0 Å². The van der Waals surface area contributed by atoms with Crippen LogP contribution in [0, 0.1) is 0 Å². The second-order valence-corrected chi connectivity index (χ2v) is 3.13. The number of hydrogen-bond donors (Lipinski definition) is 1. The number of aromatic nitrogens is 1. The molecule has 12 heavy (non-hydrogen) atoms. The van der Waals surface area contributed by atoms with Crippen molar-refractivity contribution < 1.29 is 14.6 Å². The maximum atomic E-state index is 10.9. The highest BCUT2D eigenvalue weighted by molar-refractivity contribution is 7.09. The molecule has 0 aromatic carbocycles. The Labute approximate surface area is 73.8 Å².